The van der Waals surface area contributed by atoms with Crippen LogP contribution >= 0.6 is 11.6 Å². The number of hydrogen-bond acceptors (Lipinski definition) is 4. The summed E-state index contributed by atoms with van der Waals surface area (Å²) in [5.41, 5.74) is 0.728. The average molecular weight is 253 g/mol. The Kier molecular flexibility index (Phi) is 2.72. The molecule has 1 saturated heterocycles. The molecule has 17 heavy (non-hydrogen) atoms. The van der Waals surface area contributed by atoms with Crippen LogP contribution in [0.5, 0.6) is 0 Å². The van der Waals surface area contributed by atoms with Crippen molar-refractivity contribution in [2.75, 3.05) is 6.61 Å². The normalized spacial score (nSPS) is 20.9. The summed E-state index contributed by atoms with van der Waals surface area (Å²) in [6, 6.07) is 1.72. The molecule has 90 valence electrons. The van der Waals surface area contributed by atoms with Gasteiger partial charge in [-0.2, -0.15) is 0 Å². The van der Waals surface area contributed by atoms with Crippen molar-refractivity contribution in [3.63, 3.8) is 0 Å². The van der Waals surface area contributed by atoms with Gasteiger partial charge in [0.1, 0.15) is 17.1 Å². The molecule has 5 nitrogen and oxygen atoms in total. The van der Waals surface area contributed by atoms with E-state index in [1.165, 1.54) is 6.42 Å². The van der Waals surface area contributed by atoms with Gasteiger partial charge in [-0.3, -0.25) is 4.40 Å². The maximum atomic E-state index is 5.90. The van der Waals surface area contributed by atoms with Gasteiger partial charge >= 0.3 is 0 Å². The van der Waals surface area contributed by atoms with Crippen molar-refractivity contribution in [3.8, 4) is 0 Å². The summed E-state index contributed by atoms with van der Waals surface area (Å²) in [4.78, 5) is 4.22. The lowest BCUT2D eigenvalue weighted by molar-refractivity contribution is 0.00871. The Morgan fingerprint density at radius 3 is 3.06 bits per heavy atom. The van der Waals surface area contributed by atoms with E-state index in [1.807, 2.05) is 11.3 Å². The Balaban J connectivity index is 2.10. The molecule has 0 amide bonds. The van der Waals surface area contributed by atoms with E-state index in [0.717, 1.165) is 36.7 Å². The first kappa shape index (κ1) is 10.9. The Morgan fingerprint density at radius 1 is 1.41 bits per heavy atom. The topological polar surface area (TPSA) is 52.3 Å². The highest BCUT2D eigenvalue weighted by molar-refractivity contribution is 6.29. The summed E-state index contributed by atoms with van der Waals surface area (Å²) in [6.45, 7) is 2.69. The van der Waals surface area contributed by atoms with E-state index < -0.39 is 0 Å². The van der Waals surface area contributed by atoms with Crippen molar-refractivity contribution in [1.29, 1.82) is 0 Å². The molecule has 2 aromatic heterocycles. The first-order chi connectivity index (χ1) is 8.25. The van der Waals surface area contributed by atoms with Crippen LogP contribution in [0.2, 0.25) is 5.15 Å². The quantitative estimate of drug-likeness (QED) is 0.731. The van der Waals surface area contributed by atoms with Crippen molar-refractivity contribution < 1.29 is 4.74 Å². The molecule has 0 radical (unpaired) electrons. The van der Waals surface area contributed by atoms with Crippen LogP contribution in [0.4, 0.5) is 0 Å². The standard InChI is InChI=1S/C11H13ClN4O/c1-7-13-9(12)6-10-14-15-11(16(7)10)8-4-2-3-5-17-8/h6,8H,2-5H2,1H3. The van der Waals surface area contributed by atoms with Crippen LogP contribution in [0, 0.1) is 6.92 Å². The van der Waals surface area contributed by atoms with Crippen molar-refractivity contribution in [2.24, 2.45) is 0 Å². The van der Waals surface area contributed by atoms with E-state index >= 15 is 0 Å². The summed E-state index contributed by atoms with van der Waals surface area (Å²) in [5.74, 6) is 1.63. The molecule has 2 aromatic rings. The van der Waals surface area contributed by atoms with Crippen molar-refractivity contribution in [1.82, 2.24) is 19.6 Å². The molecule has 3 heterocycles. The predicted octanol–water partition coefficient (Wildman–Crippen LogP) is 2.33. The third-order valence-electron chi connectivity index (χ3n) is 3.02. The van der Waals surface area contributed by atoms with Gasteiger partial charge in [-0.1, -0.05) is 11.6 Å². The molecule has 0 aliphatic carbocycles. The molecule has 0 saturated carbocycles. The molecule has 1 aliphatic rings. The molecule has 0 N–H and O–H groups in total. The molecule has 0 bridgehead atoms. The number of ether oxygens (including phenoxy) is 1. The summed E-state index contributed by atoms with van der Waals surface area (Å²) in [5, 5.41) is 8.78. The molecular formula is C11H13ClN4O. The maximum Gasteiger partial charge on any atom is 0.168 e. The smallest absolute Gasteiger partial charge is 0.168 e. The fourth-order valence-corrected chi connectivity index (χ4v) is 2.45. The summed E-state index contributed by atoms with van der Waals surface area (Å²) < 4.78 is 7.65. The average Bonchev–Trinajstić information content (AvgIpc) is 2.74. The molecule has 1 fully saturated rings. The summed E-state index contributed by atoms with van der Waals surface area (Å²) >= 11 is 5.90. The lowest BCUT2D eigenvalue weighted by atomic mass is 10.1. The van der Waals surface area contributed by atoms with Crippen molar-refractivity contribution >= 4 is 17.2 Å². The minimum atomic E-state index is 0.0282. The fourth-order valence-electron chi connectivity index (χ4n) is 2.23. The van der Waals surface area contributed by atoms with Gasteiger partial charge in [-0.25, -0.2) is 4.98 Å². The first-order valence-electron chi connectivity index (χ1n) is 5.75. The van der Waals surface area contributed by atoms with Crippen LogP contribution in [0.25, 0.3) is 5.65 Å². The maximum absolute atomic E-state index is 5.90. The van der Waals surface area contributed by atoms with Crippen LogP contribution in [-0.4, -0.2) is 26.2 Å². The van der Waals surface area contributed by atoms with E-state index in [9.17, 15) is 0 Å². The van der Waals surface area contributed by atoms with Crippen LogP contribution in [-0.2, 0) is 4.74 Å². The molecule has 3 rings (SSSR count). The van der Waals surface area contributed by atoms with Gasteiger partial charge in [0.25, 0.3) is 0 Å². The SMILES string of the molecule is Cc1nc(Cl)cc2nnc(C3CCCCO3)n12. The van der Waals surface area contributed by atoms with E-state index in [4.69, 9.17) is 16.3 Å². The number of aromatic nitrogens is 4. The van der Waals surface area contributed by atoms with Crippen LogP contribution in [0.3, 0.4) is 0 Å². The zero-order chi connectivity index (χ0) is 11.8. The Hall–Kier alpha value is -1.20. The van der Waals surface area contributed by atoms with Gasteiger partial charge in [-0.15, -0.1) is 10.2 Å². The fraction of sp³-hybridized carbons (Fsp3) is 0.545. The molecule has 1 atom stereocenters. The van der Waals surface area contributed by atoms with Gasteiger partial charge in [0.2, 0.25) is 0 Å². The second-order valence-corrected chi connectivity index (χ2v) is 4.62. The molecule has 0 aromatic carbocycles. The van der Waals surface area contributed by atoms with Gasteiger partial charge in [-0.05, 0) is 26.2 Å². The molecule has 0 spiro atoms. The monoisotopic (exact) mass is 252 g/mol. The van der Waals surface area contributed by atoms with Gasteiger partial charge < -0.3 is 4.74 Å². The number of rotatable bonds is 1. The van der Waals surface area contributed by atoms with Crippen LogP contribution in [0.15, 0.2) is 6.07 Å². The van der Waals surface area contributed by atoms with Gasteiger partial charge in [0, 0.05) is 12.7 Å². The molecule has 6 heteroatoms. The molecule has 1 aliphatic heterocycles. The third kappa shape index (κ3) is 1.89. The van der Waals surface area contributed by atoms with E-state index in [1.54, 1.807) is 6.07 Å². The van der Waals surface area contributed by atoms with E-state index in [2.05, 4.69) is 15.2 Å². The lowest BCUT2D eigenvalue weighted by Crippen LogP contribution is -2.15. The zero-order valence-electron chi connectivity index (χ0n) is 9.56. The highest BCUT2D eigenvalue weighted by atomic mass is 35.5. The predicted molar refractivity (Wildman–Crippen MR) is 63.1 cm³/mol. The second kappa shape index (κ2) is 4.23. The van der Waals surface area contributed by atoms with Crippen LogP contribution < -0.4 is 0 Å². The second-order valence-electron chi connectivity index (χ2n) is 4.23. The van der Waals surface area contributed by atoms with Crippen LogP contribution in [0.1, 0.15) is 37.0 Å². The van der Waals surface area contributed by atoms with Gasteiger partial charge in [0.15, 0.2) is 11.5 Å². The number of fused-ring (bicyclic) bond motifs is 1. The minimum Gasteiger partial charge on any atom is -0.370 e. The highest BCUT2D eigenvalue weighted by Gasteiger charge is 2.22. The summed E-state index contributed by atoms with van der Waals surface area (Å²) in [6.07, 6.45) is 3.30. The number of halogens is 1. The largest absolute Gasteiger partial charge is 0.370 e. The lowest BCUT2D eigenvalue weighted by Gasteiger charge is -2.21. The Bertz CT molecular complexity index is 548. The summed E-state index contributed by atoms with van der Waals surface area (Å²) in [7, 11) is 0. The minimum absolute atomic E-state index is 0.0282. The number of hydrogen-bond donors (Lipinski definition) is 0. The molecular weight excluding hydrogens is 240 g/mol. The van der Waals surface area contributed by atoms with E-state index in [0.29, 0.717) is 5.15 Å². The van der Waals surface area contributed by atoms with Gasteiger partial charge in [0.05, 0.1) is 0 Å². The first-order valence-corrected chi connectivity index (χ1v) is 6.13. The number of aryl methyl sites for hydroxylation is 1. The third-order valence-corrected chi connectivity index (χ3v) is 3.21. The van der Waals surface area contributed by atoms with E-state index in [-0.39, 0.29) is 6.10 Å². The number of nitrogens with zero attached hydrogens (tertiary/aromatic N) is 4. The Labute approximate surface area is 104 Å². The Morgan fingerprint density at radius 2 is 2.29 bits per heavy atom. The van der Waals surface area contributed by atoms with Crippen molar-refractivity contribution in [2.45, 2.75) is 32.3 Å². The zero-order valence-corrected chi connectivity index (χ0v) is 10.3. The molecule has 1 unspecified atom stereocenters. The highest BCUT2D eigenvalue weighted by Crippen LogP contribution is 2.27. The van der Waals surface area contributed by atoms with Crippen molar-refractivity contribution in [3.05, 3.63) is 22.9 Å².